The highest BCUT2D eigenvalue weighted by Gasteiger charge is 2.28. The van der Waals surface area contributed by atoms with Crippen LogP contribution >= 0.6 is 0 Å². The molecule has 2 heterocycles. The van der Waals surface area contributed by atoms with Gasteiger partial charge in [-0.3, -0.25) is 4.79 Å². The number of piperidine rings is 1. The summed E-state index contributed by atoms with van der Waals surface area (Å²) in [4.78, 5) is 14.5. The summed E-state index contributed by atoms with van der Waals surface area (Å²) >= 11 is 0. The summed E-state index contributed by atoms with van der Waals surface area (Å²) < 4.78 is 1.64. The number of nitrogens with two attached hydrogens (primary N) is 1. The van der Waals surface area contributed by atoms with Crippen LogP contribution in [0.4, 0.5) is 0 Å². The average molecular weight is 299 g/mol. The summed E-state index contributed by atoms with van der Waals surface area (Å²) in [6.07, 6.45) is 4.81. The van der Waals surface area contributed by atoms with Gasteiger partial charge in [0.15, 0.2) is 5.69 Å². The normalized spacial score (nSPS) is 18.5. The molecule has 2 N–H and O–H groups in total. The van der Waals surface area contributed by atoms with Crippen LogP contribution in [0.3, 0.4) is 0 Å². The molecule has 3 rings (SSSR count). The molecular weight excluding hydrogens is 278 g/mol. The molecule has 22 heavy (non-hydrogen) atoms. The molecule has 6 nitrogen and oxygen atoms in total. The molecule has 0 unspecified atom stereocenters. The number of aromatic nitrogens is 3. The topological polar surface area (TPSA) is 77.0 Å². The van der Waals surface area contributed by atoms with Crippen molar-refractivity contribution in [3.8, 4) is 5.69 Å². The van der Waals surface area contributed by atoms with E-state index in [9.17, 15) is 4.79 Å². The Morgan fingerprint density at radius 3 is 3.05 bits per heavy atom. The predicted octanol–water partition coefficient (Wildman–Crippen LogP) is 1.53. The lowest BCUT2D eigenvalue weighted by molar-refractivity contribution is 0.0617. The van der Waals surface area contributed by atoms with Crippen molar-refractivity contribution in [1.82, 2.24) is 19.9 Å². The zero-order valence-corrected chi connectivity index (χ0v) is 12.8. The molecule has 2 aromatic rings. The molecule has 0 aliphatic carbocycles. The maximum atomic E-state index is 12.6. The highest BCUT2D eigenvalue weighted by Crippen LogP contribution is 2.18. The molecule has 0 bridgehead atoms. The van der Waals surface area contributed by atoms with Gasteiger partial charge in [0.25, 0.3) is 5.91 Å². The second-order valence-electron chi connectivity index (χ2n) is 5.77. The number of hydrogen-bond donors (Lipinski definition) is 1. The Morgan fingerprint density at radius 2 is 2.27 bits per heavy atom. The highest BCUT2D eigenvalue weighted by molar-refractivity contribution is 5.92. The standard InChI is InChI=1S/C16H21N5O/c1-12-5-4-7-13(9-12)21-11-15(18-19-21)16(22)20-8-3-2-6-14(20)10-17/h4-5,7,9,11,14H,2-3,6,8,10,17H2,1H3/t14-/m1/s1. The van der Waals surface area contributed by atoms with E-state index in [0.717, 1.165) is 37.1 Å². The summed E-state index contributed by atoms with van der Waals surface area (Å²) in [5.41, 5.74) is 8.21. The predicted molar refractivity (Wildman–Crippen MR) is 83.8 cm³/mol. The monoisotopic (exact) mass is 299 g/mol. The molecule has 1 atom stereocenters. The molecule has 0 saturated carbocycles. The lowest BCUT2D eigenvalue weighted by atomic mass is 10.0. The maximum absolute atomic E-state index is 12.6. The zero-order chi connectivity index (χ0) is 15.5. The molecular formula is C16H21N5O. The van der Waals surface area contributed by atoms with Crippen molar-refractivity contribution in [3.63, 3.8) is 0 Å². The minimum atomic E-state index is -0.0750. The number of rotatable bonds is 3. The van der Waals surface area contributed by atoms with E-state index in [-0.39, 0.29) is 11.9 Å². The van der Waals surface area contributed by atoms with Crippen LogP contribution in [0.15, 0.2) is 30.5 Å². The number of carbonyl (C=O) groups is 1. The second-order valence-corrected chi connectivity index (χ2v) is 5.77. The van der Waals surface area contributed by atoms with Gasteiger partial charge in [-0.05, 0) is 43.9 Å². The number of carbonyl (C=O) groups excluding carboxylic acids is 1. The first kappa shape index (κ1) is 14.7. The molecule has 1 saturated heterocycles. The quantitative estimate of drug-likeness (QED) is 0.932. The summed E-state index contributed by atoms with van der Waals surface area (Å²) in [5.74, 6) is -0.0750. The number of aryl methyl sites for hydroxylation is 1. The summed E-state index contributed by atoms with van der Waals surface area (Å²) in [6, 6.07) is 8.05. The van der Waals surface area contributed by atoms with Gasteiger partial charge in [0.1, 0.15) is 0 Å². The van der Waals surface area contributed by atoms with Crippen molar-refractivity contribution in [1.29, 1.82) is 0 Å². The second kappa shape index (κ2) is 6.27. The average Bonchev–Trinajstić information content (AvgIpc) is 3.04. The van der Waals surface area contributed by atoms with Crippen LogP contribution in [0, 0.1) is 6.92 Å². The van der Waals surface area contributed by atoms with Gasteiger partial charge in [-0.1, -0.05) is 17.3 Å². The molecule has 1 aliphatic rings. The first-order valence-corrected chi connectivity index (χ1v) is 7.69. The number of nitrogens with zero attached hydrogens (tertiary/aromatic N) is 4. The van der Waals surface area contributed by atoms with Gasteiger partial charge in [-0.25, -0.2) is 4.68 Å². The van der Waals surface area contributed by atoms with Crippen LogP contribution in [-0.4, -0.2) is 44.9 Å². The Morgan fingerprint density at radius 1 is 1.41 bits per heavy atom. The number of hydrogen-bond acceptors (Lipinski definition) is 4. The Hall–Kier alpha value is -2.21. The SMILES string of the molecule is Cc1cccc(-n2cc(C(=O)N3CCCC[C@@H]3CN)nn2)c1. The third-order valence-corrected chi connectivity index (χ3v) is 4.14. The smallest absolute Gasteiger partial charge is 0.276 e. The van der Waals surface area contributed by atoms with Crippen molar-refractivity contribution in [3.05, 3.63) is 41.7 Å². The van der Waals surface area contributed by atoms with Gasteiger partial charge in [-0.15, -0.1) is 5.10 Å². The van der Waals surface area contributed by atoms with Gasteiger partial charge in [0.2, 0.25) is 0 Å². The summed E-state index contributed by atoms with van der Waals surface area (Å²) in [5, 5.41) is 8.13. The van der Waals surface area contributed by atoms with Gasteiger partial charge in [0.05, 0.1) is 11.9 Å². The molecule has 1 aliphatic heterocycles. The van der Waals surface area contributed by atoms with E-state index in [1.165, 1.54) is 0 Å². The largest absolute Gasteiger partial charge is 0.333 e. The Bertz CT molecular complexity index is 666. The van der Waals surface area contributed by atoms with E-state index < -0.39 is 0 Å². The molecule has 1 amide bonds. The molecule has 1 aromatic carbocycles. The van der Waals surface area contributed by atoms with E-state index in [2.05, 4.69) is 10.3 Å². The number of amides is 1. The Kier molecular flexibility index (Phi) is 4.20. The molecule has 0 spiro atoms. The molecule has 1 aromatic heterocycles. The van der Waals surface area contributed by atoms with Crippen molar-refractivity contribution in [2.24, 2.45) is 5.73 Å². The Labute approximate surface area is 129 Å². The van der Waals surface area contributed by atoms with E-state index in [1.807, 2.05) is 36.1 Å². The zero-order valence-electron chi connectivity index (χ0n) is 12.8. The fourth-order valence-corrected chi connectivity index (χ4v) is 2.92. The van der Waals surface area contributed by atoms with E-state index in [0.29, 0.717) is 12.2 Å². The molecule has 1 fully saturated rings. The van der Waals surface area contributed by atoms with Crippen molar-refractivity contribution in [2.75, 3.05) is 13.1 Å². The van der Waals surface area contributed by atoms with Gasteiger partial charge >= 0.3 is 0 Å². The minimum Gasteiger partial charge on any atom is -0.333 e. The maximum Gasteiger partial charge on any atom is 0.276 e. The van der Waals surface area contributed by atoms with Crippen LogP contribution in [0.25, 0.3) is 5.69 Å². The minimum absolute atomic E-state index is 0.0750. The van der Waals surface area contributed by atoms with Gasteiger partial charge in [-0.2, -0.15) is 0 Å². The molecule has 116 valence electrons. The molecule has 6 heteroatoms. The van der Waals surface area contributed by atoms with Crippen molar-refractivity contribution in [2.45, 2.75) is 32.2 Å². The first-order chi connectivity index (χ1) is 10.7. The van der Waals surface area contributed by atoms with Crippen LogP contribution in [-0.2, 0) is 0 Å². The third kappa shape index (κ3) is 2.87. The van der Waals surface area contributed by atoms with Gasteiger partial charge < -0.3 is 10.6 Å². The van der Waals surface area contributed by atoms with Crippen LogP contribution < -0.4 is 5.73 Å². The lowest BCUT2D eigenvalue weighted by Gasteiger charge is -2.34. The van der Waals surface area contributed by atoms with Crippen molar-refractivity contribution < 1.29 is 4.79 Å². The molecule has 0 radical (unpaired) electrons. The summed E-state index contributed by atoms with van der Waals surface area (Å²) in [6.45, 7) is 3.27. The first-order valence-electron chi connectivity index (χ1n) is 7.69. The van der Waals surface area contributed by atoms with E-state index >= 15 is 0 Å². The fraction of sp³-hybridized carbons (Fsp3) is 0.438. The van der Waals surface area contributed by atoms with Crippen molar-refractivity contribution >= 4 is 5.91 Å². The number of likely N-dealkylation sites (tertiary alicyclic amines) is 1. The van der Waals surface area contributed by atoms with Crippen LogP contribution in [0.1, 0.15) is 35.3 Å². The third-order valence-electron chi connectivity index (χ3n) is 4.14. The lowest BCUT2D eigenvalue weighted by Crippen LogP contribution is -2.47. The van der Waals surface area contributed by atoms with Crippen LogP contribution in [0.2, 0.25) is 0 Å². The Balaban J connectivity index is 1.82. The fourth-order valence-electron chi connectivity index (χ4n) is 2.92. The van der Waals surface area contributed by atoms with Crippen LogP contribution in [0.5, 0.6) is 0 Å². The van der Waals surface area contributed by atoms with E-state index in [1.54, 1.807) is 10.9 Å². The van der Waals surface area contributed by atoms with Gasteiger partial charge in [0, 0.05) is 19.1 Å². The van der Waals surface area contributed by atoms with E-state index in [4.69, 9.17) is 5.73 Å². The highest BCUT2D eigenvalue weighted by atomic mass is 16.2. The number of benzene rings is 1. The summed E-state index contributed by atoms with van der Waals surface area (Å²) in [7, 11) is 0.